The molecule has 0 bridgehead atoms. The van der Waals surface area contributed by atoms with Crippen molar-refractivity contribution in [1.82, 2.24) is 0 Å². The summed E-state index contributed by atoms with van der Waals surface area (Å²) in [5.41, 5.74) is 6.65. The van der Waals surface area contributed by atoms with E-state index in [2.05, 4.69) is 22.0 Å². The van der Waals surface area contributed by atoms with E-state index in [1.165, 1.54) is 4.88 Å². The van der Waals surface area contributed by atoms with Gasteiger partial charge in [0.1, 0.15) is 0 Å². The van der Waals surface area contributed by atoms with Crippen molar-refractivity contribution >= 4 is 33.0 Å². The summed E-state index contributed by atoms with van der Waals surface area (Å²) in [4.78, 5) is 1.40. The summed E-state index contributed by atoms with van der Waals surface area (Å²) in [6.45, 7) is 1.78. The fourth-order valence-electron chi connectivity index (χ4n) is 1.59. The molecule has 1 aromatic heterocycles. The average molecular weight is 262 g/mol. The molecule has 2 heterocycles. The Morgan fingerprint density at radius 2 is 2.15 bits per heavy atom. The highest BCUT2D eigenvalue weighted by atomic mass is 79.9. The molecule has 1 aliphatic heterocycles. The van der Waals surface area contributed by atoms with Gasteiger partial charge >= 0.3 is 0 Å². The second kappa shape index (κ2) is 3.98. The number of rotatable bonds is 1. The molecule has 0 amide bonds. The Bertz CT molecular complexity index is 274. The molecule has 0 radical (unpaired) electrons. The van der Waals surface area contributed by atoms with Crippen LogP contribution in [-0.4, -0.2) is 13.2 Å². The number of nitrogens with two attached hydrogens (primary N) is 1. The van der Waals surface area contributed by atoms with Crippen molar-refractivity contribution in [2.24, 2.45) is 0 Å². The van der Waals surface area contributed by atoms with Crippen LogP contribution >= 0.6 is 27.3 Å². The fourth-order valence-corrected chi connectivity index (χ4v) is 3.23. The van der Waals surface area contributed by atoms with E-state index < -0.39 is 0 Å². The summed E-state index contributed by atoms with van der Waals surface area (Å²) in [7, 11) is 0. The van der Waals surface area contributed by atoms with Crippen LogP contribution < -0.4 is 5.73 Å². The number of thiophene rings is 1. The van der Waals surface area contributed by atoms with Crippen molar-refractivity contribution in [3.8, 4) is 0 Å². The molecule has 0 aliphatic carbocycles. The fraction of sp³-hybridized carbons (Fsp3) is 0.556. The number of halogens is 1. The van der Waals surface area contributed by atoms with E-state index in [0.717, 1.165) is 35.5 Å². The Kier molecular flexibility index (Phi) is 2.91. The lowest BCUT2D eigenvalue weighted by molar-refractivity contribution is 0.0860. The molecule has 1 fully saturated rings. The highest BCUT2D eigenvalue weighted by molar-refractivity contribution is 9.11. The predicted molar refractivity (Wildman–Crippen MR) is 59.2 cm³/mol. The zero-order chi connectivity index (χ0) is 9.26. The van der Waals surface area contributed by atoms with E-state index in [1.807, 2.05) is 0 Å². The Hall–Kier alpha value is -0.0600. The smallest absolute Gasteiger partial charge is 0.0930 e. The van der Waals surface area contributed by atoms with Crippen LogP contribution in [-0.2, 0) is 4.74 Å². The van der Waals surface area contributed by atoms with Gasteiger partial charge in [-0.2, -0.15) is 0 Å². The Morgan fingerprint density at radius 3 is 2.69 bits per heavy atom. The minimum atomic E-state index is 0.660. The van der Waals surface area contributed by atoms with E-state index in [1.54, 1.807) is 11.3 Å². The first kappa shape index (κ1) is 9.49. The maximum absolute atomic E-state index is 5.78. The van der Waals surface area contributed by atoms with Gasteiger partial charge in [0.2, 0.25) is 0 Å². The van der Waals surface area contributed by atoms with Crippen LogP contribution in [0.2, 0.25) is 0 Å². The summed E-state index contributed by atoms with van der Waals surface area (Å²) in [6.07, 6.45) is 2.26. The second-order valence-electron chi connectivity index (χ2n) is 3.26. The zero-order valence-electron chi connectivity index (χ0n) is 7.25. The van der Waals surface area contributed by atoms with Gasteiger partial charge in [-0.1, -0.05) is 0 Å². The van der Waals surface area contributed by atoms with Crippen molar-refractivity contribution in [3.05, 3.63) is 14.7 Å². The Morgan fingerprint density at radius 1 is 1.46 bits per heavy atom. The van der Waals surface area contributed by atoms with E-state index in [4.69, 9.17) is 10.5 Å². The Balaban J connectivity index is 2.14. The molecular formula is C9H12BrNOS. The summed E-state index contributed by atoms with van der Waals surface area (Å²) >= 11 is 5.20. The quantitative estimate of drug-likeness (QED) is 0.844. The average Bonchev–Trinajstić information content (AvgIpc) is 2.49. The molecule has 2 N–H and O–H groups in total. The van der Waals surface area contributed by atoms with Crippen molar-refractivity contribution in [3.63, 3.8) is 0 Å². The summed E-state index contributed by atoms with van der Waals surface area (Å²) in [6, 6.07) is 2.09. The third-order valence-electron chi connectivity index (χ3n) is 2.36. The van der Waals surface area contributed by atoms with E-state index >= 15 is 0 Å². The molecule has 1 aromatic rings. The molecule has 13 heavy (non-hydrogen) atoms. The van der Waals surface area contributed by atoms with Crippen LogP contribution in [0.15, 0.2) is 9.85 Å². The lowest BCUT2D eigenvalue weighted by atomic mass is 9.99. The lowest BCUT2D eigenvalue weighted by Crippen LogP contribution is -2.12. The van der Waals surface area contributed by atoms with Crippen LogP contribution in [0.1, 0.15) is 23.6 Å². The molecule has 4 heteroatoms. The number of anilines is 1. The Labute approximate surface area is 90.2 Å². The number of ether oxygens (including phenoxy) is 1. The van der Waals surface area contributed by atoms with Gasteiger partial charge in [-0.25, -0.2) is 0 Å². The molecule has 1 aliphatic rings. The van der Waals surface area contributed by atoms with Crippen LogP contribution in [0.4, 0.5) is 5.69 Å². The van der Waals surface area contributed by atoms with Crippen molar-refractivity contribution in [1.29, 1.82) is 0 Å². The first-order chi connectivity index (χ1) is 6.27. The highest BCUT2D eigenvalue weighted by Gasteiger charge is 2.18. The van der Waals surface area contributed by atoms with Gasteiger partial charge in [0.15, 0.2) is 0 Å². The molecule has 2 rings (SSSR count). The zero-order valence-corrected chi connectivity index (χ0v) is 9.66. The number of hydrogen-bond donors (Lipinski definition) is 1. The first-order valence-corrected chi connectivity index (χ1v) is 6.01. The normalized spacial score (nSPS) is 19.2. The summed E-state index contributed by atoms with van der Waals surface area (Å²) < 4.78 is 6.38. The molecule has 1 saturated heterocycles. The SMILES string of the molecule is Nc1cc(C2CCOCC2)sc1Br. The maximum atomic E-state index is 5.78. The maximum Gasteiger partial charge on any atom is 0.0930 e. The van der Waals surface area contributed by atoms with Gasteiger partial charge in [-0.05, 0) is 40.8 Å². The minimum absolute atomic E-state index is 0.660. The van der Waals surface area contributed by atoms with E-state index in [0.29, 0.717) is 5.92 Å². The molecule has 0 aromatic carbocycles. The van der Waals surface area contributed by atoms with Crippen LogP contribution in [0.25, 0.3) is 0 Å². The third-order valence-corrected chi connectivity index (χ3v) is 4.40. The molecule has 72 valence electrons. The van der Waals surface area contributed by atoms with Crippen molar-refractivity contribution in [2.75, 3.05) is 18.9 Å². The third kappa shape index (κ3) is 2.06. The van der Waals surface area contributed by atoms with Gasteiger partial charge in [-0.15, -0.1) is 11.3 Å². The van der Waals surface area contributed by atoms with Gasteiger partial charge in [0, 0.05) is 18.1 Å². The van der Waals surface area contributed by atoms with E-state index in [9.17, 15) is 0 Å². The minimum Gasteiger partial charge on any atom is -0.397 e. The molecule has 0 saturated carbocycles. The van der Waals surface area contributed by atoms with E-state index in [-0.39, 0.29) is 0 Å². The molecule has 0 unspecified atom stereocenters. The lowest BCUT2D eigenvalue weighted by Gasteiger charge is -2.20. The summed E-state index contributed by atoms with van der Waals surface area (Å²) in [5.74, 6) is 0.660. The predicted octanol–water partition coefficient (Wildman–Crippen LogP) is 2.99. The van der Waals surface area contributed by atoms with Gasteiger partial charge in [-0.3, -0.25) is 0 Å². The molecule has 0 atom stereocenters. The number of hydrogen-bond acceptors (Lipinski definition) is 3. The standard InChI is InChI=1S/C9H12BrNOS/c10-9-7(11)5-8(13-9)6-1-3-12-4-2-6/h5-6H,1-4,11H2. The largest absolute Gasteiger partial charge is 0.397 e. The van der Waals surface area contributed by atoms with Gasteiger partial charge < -0.3 is 10.5 Å². The molecular weight excluding hydrogens is 250 g/mol. The van der Waals surface area contributed by atoms with Crippen LogP contribution in [0.5, 0.6) is 0 Å². The monoisotopic (exact) mass is 261 g/mol. The van der Waals surface area contributed by atoms with Crippen LogP contribution in [0.3, 0.4) is 0 Å². The molecule has 0 spiro atoms. The van der Waals surface area contributed by atoms with Crippen molar-refractivity contribution < 1.29 is 4.74 Å². The van der Waals surface area contributed by atoms with Gasteiger partial charge in [0.25, 0.3) is 0 Å². The number of nitrogen functional groups attached to an aromatic ring is 1. The first-order valence-electron chi connectivity index (χ1n) is 4.40. The van der Waals surface area contributed by atoms with Crippen LogP contribution in [0, 0.1) is 0 Å². The highest BCUT2D eigenvalue weighted by Crippen LogP contribution is 2.38. The molecule has 2 nitrogen and oxygen atoms in total. The second-order valence-corrected chi connectivity index (χ2v) is 5.67. The van der Waals surface area contributed by atoms with Crippen molar-refractivity contribution in [2.45, 2.75) is 18.8 Å². The topological polar surface area (TPSA) is 35.2 Å². The summed E-state index contributed by atoms with van der Waals surface area (Å²) in [5, 5.41) is 0. The van der Waals surface area contributed by atoms with Gasteiger partial charge in [0.05, 0.1) is 9.47 Å².